The first kappa shape index (κ1) is 13.1. The zero-order valence-electron chi connectivity index (χ0n) is 10.6. The maximum atomic E-state index is 5.78. The number of methoxy groups -OCH3 is 1. The molecule has 1 heterocycles. The summed E-state index contributed by atoms with van der Waals surface area (Å²) in [5.41, 5.74) is 0. The summed E-state index contributed by atoms with van der Waals surface area (Å²) in [4.78, 5) is 2.31. The van der Waals surface area contributed by atoms with Crippen molar-refractivity contribution in [3.8, 4) is 0 Å². The molecular weight excluding hydrogens is 236 g/mol. The molecule has 2 aliphatic rings. The molecule has 0 aromatic carbocycles. The molecule has 5 heteroatoms. The number of thiocarbonyl (C=S) groups is 1. The van der Waals surface area contributed by atoms with Crippen LogP contribution in [-0.2, 0) is 9.47 Å². The topological polar surface area (TPSA) is 33.7 Å². The third-order valence-corrected chi connectivity index (χ3v) is 3.88. The first-order valence-corrected chi connectivity index (χ1v) is 6.81. The highest BCUT2D eigenvalue weighted by atomic mass is 32.1. The molecule has 1 saturated carbocycles. The first-order valence-electron chi connectivity index (χ1n) is 6.40. The van der Waals surface area contributed by atoms with Crippen LogP contribution in [0.2, 0.25) is 0 Å². The van der Waals surface area contributed by atoms with Gasteiger partial charge in [0.05, 0.1) is 25.4 Å². The standard InChI is InChI=1S/C12H22N2O2S/c1-9(8-15-2)13-12(17)14-6-7-16-11-5-3-4-10(11)14/h9-11H,3-8H2,1-2H3,(H,13,17). The molecule has 1 N–H and O–H groups in total. The fourth-order valence-corrected chi connectivity index (χ4v) is 3.19. The lowest BCUT2D eigenvalue weighted by Crippen LogP contribution is -2.56. The van der Waals surface area contributed by atoms with E-state index in [2.05, 4.69) is 17.1 Å². The Morgan fingerprint density at radius 3 is 3.18 bits per heavy atom. The van der Waals surface area contributed by atoms with Gasteiger partial charge in [0.25, 0.3) is 0 Å². The molecule has 0 radical (unpaired) electrons. The van der Waals surface area contributed by atoms with Crippen LogP contribution >= 0.6 is 12.2 Å². The monoisotopic (exact) mass is 258 g/mol. The van der Waals surface area contributed by atoms with Gasteiger partial charge >= 0.3 is 0 Å². The van der Waals surface area contributed by atoms with Crippen molar-refractivity contribution < 1.29 is 9.47 Å². The number of nitrogens with zero attached hydrogens (tertiary/aromatic N) is 1. The molecule has 2 fully saturated rings. The van der Waals surface area contributed by atoms with Crippen LogP contribution in [0.15, 0.2) is 0 Å². The maximum Gasteiger partial charge on any atom is 0.169 e. The lowest BCUT2D eigenvalue weighted by molar-refractivity contribution is -0.0298. The molecule has 1 aliphatic carbocycles. The zero-order valence-corrected chi connectivity index (χ0v) is 11.5. The van der Waals surface area contributed by atoms with Crippen LogP contribution in [0.4, 0.5) is 0 Å². The van der Waals surface area contributed by atoms with Gasteiger partial charge in [-0.05, 0) is 38.4 Å². The molecule has 98 valence electrons. The Kier molecular flexibility index (Phi) is 4.59. The Morgan fingerprint density at radius 2 is 2.41 bits per heavy atom. The molecule has 2 rings (SSSR count). The summed E-state index contributed by atoms with van der Waals surface area (Å²) in [6.07, 6.45) is 4.02. The third-order valence-electron chi connectivity index (χ3n) is 3.53. The van der Waals surface area contributed by atoms with Crippen LogP contribution < -0.4 is 5.32 Å². The van der Waals surface area contributed by atoms with Gasteiger partial charge in [-0.15, -0.1) is 0 Å². The molecule has 1 aliphatic heterocycles. The van der Waals surface area contributed by atoms with Gasteiger partial charge in [-0.2, -0.15) is 0 Å². The van der Waals surface area contributed by atoms with Crippen LogP contribution in [0.25, 0.3) is 0 Å². The second-order valence-corrected chi connectivity index (χ2v) is 5.29. The largest absolute Gasteiger partial charge is 0.383 e. The SMILES string of the molecule is COCC(C)NC(=S)N1CCOC2CCCC21. The first-order chi connectivity index (χ1) is 8.22. The van der Waals surface area contributed by atoms with E-state index in [0.717, 1.165) is 18.3 Å². The molecule has 4 nitrogen and oxygen atoms in total. The fourth-order valence-electron chi connectivity index (χ4n) is 2.76. The lowest BCUT2D eigenvalue weighted by atomic mass is 10.1. The highest BCUT2D eigenvalue weighted by molar-refractivity contribution is 7.80. The Hall–Kier alpha value is -0.390. The van der Waals surface area contributed by atoms with Crippen LogP contribution in [0.5, 0.6) is 0 Å². The average Bonchev–Trinajstić information content (AvgIpc) is 2.76. The highest BCUT2D eigenvalue weighted by Crippen LogP contribution is 2.29. The van der Waals surface area contributed by atoms with E-state index in [1.54, 1.807) is 7.11 Å². The molecule has 0 spiro atoms. The molecule has 17 heavy (non-hydrogen) atoms. The number of nitrogens with one attached hydrogen (secondary N) is 1. The number of ether oxygens (including phenoxy) is 2. The van der Waals surface area contributed by atoms with Crippen LogP contribution in [0.1, 0.15) is 26.2 Å². The normalized spacial score (nSPS) is 29.9. The Bertz CT molecular complexity index is 275. The van der Waals surface area contributed by atoms with Gasteiger partial charge in [-0.3, -0.25) is 0 Å². The van der Waals surface area contributed by atoms with Crippen LogP contribution in [0.3, 0.4) is 0 Å². The highest BCUT2D eigenvalue weighted by Gasteiger charge is 2.37. The number of hydrogen-bond acceptors (Lipinski definition) is 3. The van der Waals surface area contributed by atoms with E-state index in [1.165, 1.54) is 19.3 Å². The van der Waals surface area contributed by atoms with Crippen LogP contribution in [-0.4, -0.2) is 55.1 Å². The van der Waals surface area contributed by atoms with Crippen molar-refractivity contribution in [2.45, 2.75) is 44.4 Å². The molecule has 0 aromatic heterocycles. The Balaban J connectivity index is 1.89. The molecule has 3 atom stereocenters. The summed E-state index contributed by atoms with van der Waals surface area (Å²) in [5.74, 6) is 0. The van der Waals surface area contributed by atoms with Crippen LogP contribution in [0, 0.1) is 0 Å². The Morgan fingerprint density at radius 1 is 1.59 bits per heavy atom. The fraction of sp³-hybridized carbons (Fsp3) is 0.917. The number of hydrogen-bond donors (Lipinski definition) is 1. The van der Waals surface area contributed by atoms with Gasteiger partial charge in [0.1, 0.15) is 0 Å². The van der Waals surface area contributed by atoms with E-state index in [1.807, 2.05) is 0 Å². The second-order valence-electron chi connectivity index (χ2n) is 4.91. The van der Waals surface area contributed by atoms with E-state index in [-0.39, 0.29) is 6.04 Å². The smallest absolute Gasteiger partial charge is 0.169 e. The predicted molar refractivity (Wildman–Crippen MR) is 71.2 cm³/mol. The maximum absolute atomic E-state index is 5.78. The Labute approximate surface area is 109 Å². The van der Waals surface area contributed by atoms with Crippen molar-refractivity contribution in [3.05, 3.63) is 0 Å². The zero-order chi connectivity index (χ0) is 12.3. The summed E-state index contributed by atoms with van der Waals surface area (Å²) in [7, 11) is 1.71. The minimum Gasteiger partial charge on any atom is -0.383 e. The number of fused-ring (bicyclic) bond motifs is 1. The molecule has 3 unspecified atom stereocenters. The van der Waals surface area contributed by atoms with Gasteiger partial charge in [0, 0.05) is 19.7 Å². The van der Waals surface area contributed by atoms with Crippen molar-refractivity contribution in [1.29, 1.82) is 0 Å². The van der Waals surface area contributed by atoms with Crippen molar-refractivity contribution in [2.24, 2.45) is 0 Å². The summed E-state index contributed by atoms with van der Waals surface area (Å²) >= 11 is 5.49. The quantitative estimate of drug-likeness (QED) is 0.768. The van der Waals surface area contributed by atoms with Crippen molar-refractivity contribution in [3.63, 3.8) is 0 Å². The van der Waals surface area contributed by atoms with Crippen molar-refractivity contribution in [1.82, 2.24) is 10.2 Å². The van der Waals surface area contributed by atoms with E-state index in [4.69, 9.17) is 21.7 Å². The van der Waals surface area contributed by atoms with Gasteiger partial charge < -0.3 is 19.7 Å². The third kappa shape index (κ3) is 3.09. The minimum absolute atomic E-state index is 0.259. The van der Waals surface area contributed by atoms with Gasteiger partial charge in [-0.25, -0.2) is 0 Å². The van der Waals surface area contributed by atoms with Gasteiger partial charge in [0.2, 0.25) is 0 Å². The van der Waals surface area contributed by atoms with E-state index >= 15 is 0 Å². The second kappa shape index (κ2) is 5.98. The van der Waals surface area contributed by atoms with E-state index in [0.29, 0.717) is 18.8 Å². The minimum atomic E-state index is 0.259. The molecule has 0 amide bonds. The summed E-state index contributed by atoms with van der Waals surface area (Å²) < 4.78 is 10.9. The number of morpholine rings is 1. The lowest BCUT2D eigenvalue weighted by Gasteiger charge is -2.40. The number of rotatable bonds is 3. The molecule has 0 aromatic rings. The summed E-state index contributed by atoms with van der Waals surface area (Å²) in [5, 5.41) is 4.20. The predicted octanol–water partition coefficient (Wildman–Crippen LogP) is 1.15. The van der Waals surface area contributed by atoms with Gasteiger partial charge in [-0.1, -0.05) is 0 Å². The molecule has 1 saturated heterocycles. The summed E-state index contributed by atoms with van der Waals surface area (Å²) in [6.45, 7) is 4.47. The average molecular weight is 258 g/mol. The van der Waals surface area contributed by atoms with Crippen molar-refractivity contribution in [2.75, 3.05) is 26.9 Å². The van der Waals surface area contributed by atoms with Gasteiger partial charge in [0.15, 0.2) is 5.11 Å². The molecule has 0 bridgehead atoms. The summed E-state index contributed by atoms with van der Waals surface area (Å²) in [6, 6.07) is 0.744. The van der Waals surface area contributed by atoms with E-state index in [9.17, 15) is 0 Å². The van der Waals surface area contributed by atoms with E-state index < -0.39 is 0 Å². The van der Waals surface area contributed by atoms with Crippen molar-refractivity contribution >= 4 is 17.3 Å². The molecular formula is C12H22N2O2S.